The molecule has 0 aliphatic heterocycles. The van der Waals surface area contributed by atoms with E-state index in [1.54, 1.807) is 0 Å². The van der Waals surface area contributed by atoms with Gasteiger partial charge in [0, 0.05) is 6.54 Å². The van der Waals surface area contributed by atoms with Gasteiger partial charge in [0.2, 0.25) is 0 Å². The Kier molecular flexibility index (Phi) is 4.86. The van der Waals surface area contributed by atoms with Crippen LogP contribution in [0.1, 0.15) is 6.42 Å². The number of hydrogen-bond acceptors (Lipinski definition) is 3. The summed E-state index contributed by atoms with van der Waals surface area (Å²) < 4.78 is 35.4. The topological polar surface area (TPSA) is 66.6 Å². The molecule has 1 unspecified atom stereocenters. The SMILES string of the molecule is CN(CCC(N)C(=O)O)CC(F)(F)F. The van der Waals surface area contributed by atoms with Crippen molar-refractivity contribution in [1.29, 1.82) is 0 Å². The van der Waals surface area contributed by atoms with Crippen molar-refractivity contribution in [3.63, 3.8) is 0 Å². The number of aliphatic carboxylic acids is 1. The molecule has 4 nitrogen and oxygen atoms in total. The van der Waals surface area contributed by atoms with Crippen molar-refractivity contribution in [3.8, 4) is 0 Å². The third-order valence-electron chi connectivity index (χ3n) is 1.59. The average Bonchev–Trinajstić information content (AvgIpc) is 1.96. The summed E-state index contributed by atoms with van der Waals surface area (Å²) in [7, 11) is 1.27. The zero-order valence-corrected chi connectivity index (χ0v) is 7.71. The Hall–Kier alpha value is -0.820. The first kappa shape index (κ1) is 13.2. The van der Waals surface area contributed by atoms with Crippen molar-refractivity contribution in [2.75, 3.05) is 20.1 Å². The van der Waals surface area contributed by atoms with Crippen molar-refractivity contribution in [3.05, 3.63) is 0 Å². The van der Waals surface area contributed by atoms with Crippen molar-refractivity contribution < 1.29 is 23.1 Å². The summed E-state index contributed by atoms with van der Waals surface area (Å²) in [6.45, 7) is -1.05. The molecule has 0 aliphatic carbocycles. The quantitative estimate of drug-likeness (QED) is 0.690. The summed E-state index contributed by atoms with van der Waals surface area (Å²) >= 11 is 0. The molecule has 0 rings (SSSR count). The number of nitrogens with zero attached hydrogens (tertiary/aromatic N) is 1. The van der Waals surface area contributed by atoms with Crippen molar-refractivity contribution in [2.45, 2.75) is 18.6 Å². The normalized spacial score (nSPS) is 14.4. The van der Waals surface area contributed by atoms with Crippen LogP contribution >= 0.6 is 0 Å². The fraction of sp³-hybridized carbons (Fsp3) is 0.857. The lowest BCUT2D eigenvalue weighted by atomic mass is 10.2. The van der Waals surface area contributed by atoms with E-state index in [9.17, 15) is 18.0 Å². The highest BCUT2D eigenvalue weighted by atomic mass is 19.4. The summed E-state index contributed by atoms with van der Waals surface area (Å²) in [5, 5.41) is 8.36. The third-order valence-corrected chi connectivity index (χ3v) is 1.59. The van der Waals surface area contributed by atoms with Gasteiger partial charge >= 0.3 is 12.1 Å². The molecule has 0 spiro atoms. The minimum absolute atomic E-state index is 0.00190. The molecule has 0 fully saturated rings. The van der Waals surface area contributed by atoms with Crippen LogP contribution in [-0.2, 0) is 4.79 Å². The molecule has 7 heteroatoms. The van der Waals surface area contributed by atoms with Gasteiger partial charge in [0.05, 0.1) is 6.54 Å². The van der Waals surface area contributed by atoms with Gasteiger partial charge in [-0.25, -0.2) is 0 Å². The van der Waals surface area contributed by atoms with E-state index < -0.39 is 24.7 Å². The van der Waals surface area contributed by atoms with Crippen LogP contribution in [0.15, 0.2) is 0 Å². The number of carboxylic acid groups (broad SMARTS) is 1. The monoisotopic (exact) mass is 214 g/mol. The lowest BCUT2D eigenvalue weighted by molar-refractivity contribution is -0.143. The van der Waals surface area contributed by atoms with Crippen molar-refractivity contribution >= 4 is 5.97 Å². The number of rotatable bonds is 5. The van der Waals surface area contributed by atoms with Crippen LogP contribution in [0.25, 0.3) is 0 Å². The molecular formula is C7H13F3N2O2. The van der Waals surface area contributed by atoms with E-state index in [-0.39, 0.29) is 13.0 Å². The van der Waals surface area contributed by atoms with Gasteiger partial charge in [0.15, 0.2) is 0 Å². The molecule has 0 aromatic carbocycles. The Morgan fingerprint density at radius 3 is 2.43 bits per heavy atom. The number of carbonyl (C=O) groups is 1. The van der Waals surface area contributed by atoms with E-state index in [1.165, 1.54) is 7.05 Å². The largest absolute Gasteiger partial charge is 0.480 e. The van der Waals surface area contributed by atoms with Crippen LogP contribution in [0, 0.1) is 0 Å². The van der Waals surface area contributed by atoms with Gasteiger partial charge in [-0.1, -0.05) is 0 Å². The Morgan fingerprint density at radius 1 is 1.57 bits per heavy atom. The van der Waals surface area contributed by atoms with Gasteiger partial charge in [-0.05, 0) is 13.5 Å². The second kappa shape index (κ2) is 5.16. The van der Waals surface area contributed by atoms with E-state index in [0.29, 0.717) is 0 Å². The van der Waals surface area contributed by atoms with Crippen LogP contribution in [0.4, 0.5) is 13.2 Å². The van der Waals surface area contributed by atoms with E-state index in [4.69, 9.17) is 10.8 Å². The minimum atomic E-state index is -4.26. The van der Waals surface area contributed by atoms with E-state index in [1.807, 2.05) is 0 Å². The van der Waals surface area contributed by atoms with E-state index in [2.05, 4.69) is 0 Å². The maximum Gasteiger partial charge on any atom is 0.401 e. The molecule has 0 radical (unpaired) electrons. The minimum Gasteiger partial charge on any atom is -0.480 e. The molecular weight excluding hydrogens is 201 g/mol. The van der Waals surface area contributed by atoms with Crippen LogP contribution in [0.3, 0.4) is 0 Å². The molecule has 0 aromatic heterocycles. The van der Waals surface area contributed by atoms with Crippen LogP contribution < -0.4 is 5.73 Å². The molecule has 0 saturated heterocycles. The standard InChI is InChI=1S/C7H13F3N2O2/c1-12(4-7(8,9)10)3-2-5(11)6(13)14/h5H,2-4,11H2,1H3,(H,13,14). The van der Waals surface area contributed by atoms with E-state index >= 15 is 0 Å². The van der Waals surface area contributed by atoms with Gasteiger partial charge in [0.25, 0.3) is 0 Å². The summed E-state index contributed by atoms with van der Waals surface area (Å²) in [6, 6.07) is -1.11. The smallest absolute Gasteiger partial charge is 0.401 e. The van der Waals surface area contributed by atoms with Crippen LogP contribution in [-0.4, -0.2) is 48.3 Å². The Balaban J connectivity index is 3.74. The maximum absolute atomic E-state index is 11.8. The van der Waals surface area contributed by atoms with Gasteiger partial charge < -0.3 is 10.8 Å². The molecule has 14 heavy (non-hydrogen) atoms. The number of carboxylic acids is 1. The molecule has 1 atom stereocenters. The summed E-state index contributed by atoms with van der Waals surface area (Å²) in [5.74, 6) is -1.20. The van der Waals surface area contributed by atoms with Crippen LogP contribution in [0.2, 0.25) is 0 Å². The summed E-state index contributed by atoms with van der Waals surface area (Å²) in [5.41, 5.74) is 5.12. The molecule has 84 valence electrons. The number of nitrogens with two attached hydrogens (primary N) is 1. The molecule has 0 aliphatic rings. The zero-order chi connectivity index (χ0) is 11.4. The Labute approximate surface area is 79.5 Å². The molecule has 0 bridgehead atoms. The average molecular weight is 214 g/mol. The van der Waals surface area contributed by atoms with Gasteiger partial charge in [0.1, 0.15) is 6.04 Å². The highest BCUT2D eigenvalue weighted by molar-refractivity contribution is 5.72. The predicted octanol–water partition coefficient (Wildman–Crippen LogP) is 0.283. The second-order valence-corrected chi connectivity index (χ2v) is 3.09. The molecule has 0 saturated carbocycles. The van der Waals surface area contributed by atoms with Crippen molar-refractivity contribution in [2.24, 2.45) is 5.73 Å². The Morgan fingerprint density at radius 2 is 2.07 bits per heavy atom. The molecule has 0 aromatic rings. The first-order valence-corrected chi connectivity index (χ1v) is 3.96. The van der Waals surface area contributed by atoms with Crippen molar-refractivity contribution in [1.82, 2.24) is 4.90 Å². The predicted molar refractivity (Wildman–Crippen MR) is 43.8 cm³/mol. The fourth-order valence-electron chi connectivity index (χ4n) is 0.868. The highest BCUT2D eigenvalue weighted by Gasteiger charge is 2.29. The van der Waals surface area contributed by atoms with Gasteiger partial charge in [-0.2, -0.15) is 13.2 Å². The number of halogens is 3. The summed E-state index contributed by atoms with van der Waals surface area (Å²) in [6.07, 6.45) is -4.26. The lowest BCUT2D eigenvalue weighted by Gasteiger charge is -2.19. The second-order valence-electron chi connectivity index (χ2n) is 3.09. The lowest BCUT2D eigenvalue weighted by Crippen LogP contribution is -2.37. The zero-order valence-electron chi connectivity index (χ0n) is 7.71. The molecule has 0 heterocycles. The number of alkyl halides is 3. The van der Waals surface area contributed by atoms with Gasteiger partial charge in [-0.15, -0.1) is 0 Å². The van der Waals surface area contributed by atoms with Gasteiger partial charge in [-0.3, -0.25) is 9.69 Å². The Bertz CT molecular complexity index is 196. The molecule has 0 amide bonds. The highest BCUT2D eigenvalue weighted by Crippen LogP contribution is 2.15. The first-order chi connectivity index (χ1) is 6.22. The molecule has 3 N–H and O–H groups in total. The van der Waals surface area contributed by atoms with E-state index in [0.717, 1.165) is 4.90 Å². The first-order valence-electron chi connectivity index (χ1n) is 3.96. The maximum atomic E-state index is 11.8. The summed E-state index contributed by atoms with van der Waals surface area (Å²) in [4.78, 5) is 11.2. The number of hydrogen-bond donors (Lipinski definition) is 2. The third kappa shape index (κ3) is 6.67. The van der Waals surface area contributed by atoms with Crippen LogP contribution in [0.5, 0.6) is 0 Å². The fourth-order valence-corrected chi connectivity index (χ4v) is 0.868.